The fraction of sp³-hybridized carbons (Fsp3) is 0.786. The molecule has 0 amide bonds. The highest BCUT2D eigenvalue weighted by Crippen LogP contribution is 2.16. The van der Waals surface area contributed by atoms with Gasteiger partial charge < -0.3 is 15.3 Å². The molecule has 110 valence electrons. The molecular formula is C14H27N3OS. The molecule has 0 fully saturated rings. The van der Waals surface area contributed by atoms with E-state index < -0.39 is 5.60 Å². The third kappa shape index (κ3) is 7.01. The van der Waals surface area contributed by atoms with Gasteiger partial charge in [-0.05, 0) is 26.9 Å². The Balaban J connectivity index is 2.34. The Hall–Kier alpha value is -0.490. The van der Waals surface area contributed by atoms with Crippen LogP contribution in [0.4, 0.5) is 0 Å². The lowest BCUT2D eigenvalue weighted by atomic mass is 10.1. The van der Waals surface area contributed by atoms with Crippen LogP contribution in [-0.2, 0) is 13.0 Å². The number of aliphatic hydroxyl groups is 1. The van der Waals surface area contributed by atoms with E-state index in [2.05, 4.69) is 24.1 Å². The van der Waals surface area contributed by atoms with Gasteiger partial charge in [0.1, 0.15) is 0 Å². The average molecular weight is 285 g/mol. The van der Waals surface area contributed by atoms with Gasteiger partial charge in [-0.1, -0.05) is 13.8 Å². The summed E-state index contributed by atoms with van der Waals surface area (Å²) in [5.41, 5.74) is -0.699. The molecule has 0 aliphatic rings. The summed E-state index contributed by atoms with van der Waals surface area (Å²) in [6, 6.07) is 0. The third-order valence-electron chi connectivity index (χ3n) is 2.65. The summed E-state index contributed by atoms with van der Waals surface area (Å²) in [4.78, 5) is 7.66. The third-order valence-corrected chi connectivity index (χ3v) is 3.67. The van der Waals surface area contributed by atoms with Crippen molar-refractivity contribution < 1.29 is 5.11 Å². The van der Waals surface area contributed by atoms with Gasteiger partial charge in [0.15, 0.2) is 0 Å². The number of aromatic nitrogens is 1. The van der Waals surface area contributed by atoms with Crippen molar-refractivity contribution in [2.24, 2.45) is 5.92 Å². The van der Waals surface area contributed by atoms with Crippen molar-refractivity contribution in [2.45, 2.75) is 39.3 Å². The Morgan fingerprint density at radius 1 is 1.47 bits per heavy atom. The molecular weight excluding hydrogens is 258 g/mol. The lowest BCUT2D eigenvalue weighted by Crippen LogP contribution is -2.45. The number of likely N-dealkylation sites (N-methyl/N-ethyl adjacent to an activating group) is 1. The minimum Gasteiger partial charge on any atom is -0.388 e. The van der Waals surface area contributed by atoms with Gasteiger partial charge in [0.25, 0.3) is 0 Å². The second kappa shape index (κ2) is 7.33. The lowest BCUT2D eigenvalue weighted by Gasteiger charge is -2.27. The van der Waals surface area contributed by atoms with E-state index in [0.29, 0.717) is 19.0 Å². The zero-order valence-electron chi connectivity index (χ0n) is 12.7. The molecule has 0 bridgehead atoms. The van der Waals surface area contributed by atoms with Gasteiger partial charge in [-0.15, -0.1) is 11.3 Å². The first-order chi connectivity index (χ1) is 8.78. The molecule has 1 unspecified atom stereocenters. The number of hydrogen-bond donors (Lipinski definition) is 2. The molecule has 2 N–H and O–H groups in total. The Labute approximate surface area is 120 Å². The molecule has 1 aromatic rings. The molecule has 1 aromatic heterocycles. The van der Waals surface area contributed by atoms with Crippen LogP contribution in [0.1, 0.15) is 30.7 Å². The maximum absolute atomic E-state index is 10.2. The highest BCUT2D eigenvalue weighted by atomic mass is 32.1. The minimum absolute atomic E-state index is 0.586. The summed E-state index contributed by atoms with van der Waals surface area (Å²) in [6.45, 7) is 8.29. The number of thiazole rings is 1. The molecule has 0 saturated heterocycles. The largest absolute Gasteiger partial charge is 0.388 e. The van der Waals surface area contributed by atoms with E-state index in [9.17, 15) is 5.11 Å². The summed E-state index contributed by atoms with van der Waals surface area (Å²) in [5, 5.41) is 14.7. The molecule has 5 heteroatoms. The van der Waals surface area contributed by atoms with Crippen molar-refractivity contribution >= 4 is 11.3 Å². The molecule has 19 heavy (non-hydrogen) atoms. The average Bonchev–Trinajstić information content (AvgIpc) is 2.62. The minimum atomic E-state index is -0.699. The SMILES string of the molecule is CC(C)Cc1ncc(CNCC(C)(O)CN(C)C)s1. The van der Waals surface area contributed by atoms with E-state index in [4.69, 9.17) is 0 Å². The summed E-state index contributed by atoms with van der Waals surface area (Å²) in [7, 11) is 3.94. The van der Waals surface area contributed by atoms with Gasteiger partial charge in [-0.2, -0.15) is 0 Å². The molecule has 0 spiro atoms. The zero-order chi connectivity index (χ0) is 14.5. The maximum Gasteiger partial charge on any atom is 0.0930 e. The van der Waals surface area contributed by atoms with E-state index in [1.54, 1.807) is 11.3 Å². The molecule has 1 heterocycles. The summed E-state index contributed by atoms with van der Waals surface area (Å²) in [5.74, 6) is 0.646. The first-order valence-electron chi connectivity index (χ1n) is 6.80. The van der Waals surface area contributed by atoms with E-state index in [0.717, 1.165) is 13.0 Å². The molecule has 4 nitrogen and oxygen atoms in total. The Bertz CT molecular complexity index is 375. The molecule has 0 aromatic carbocycles. The summed E-state index contributed by atoms with van der Waals surface area (Å²) >= 11 is 1.76. The Morgan fingerprint density at radius 3 is 2.74 bits per heavy atom. The summed E-state index contributed by atoms with van der Waals surface area (Å²) < 4.78 is 0. The molecule has 1 atom stereocenters. The van der Waals surface area contributed by atoms with Crippen LogP contribution in [0.3, 0.4) is 0 Å². The standard InChI is InChI=1S/C14H27N3OS/c1-11(2)6-13-16-8-12(19-13)7-15-9-14(3,18)10-17(4)5/h8,11,15,18H,6-7,9-10H2,1-5H3. The lowest BCUT2D eigenvalue weighted by molar-refractivity contribution is 0.0336. The van der Waals surface area contributed by atoms with Crippen molar-refractivity contribution in [1.82, 2.24) is 15.2 Å². The van der Waals surface area contributed by atoms with Crippen LogP contribution < -0.4 is 5.32 Å². The highest BCUT2D eigenvalue weighted by molar-refractivity contribution is 7.11. The van der Waals surface area contributed by atoms with E-state index in [1.165, 1.54) is 9.88 Å². The van der Waals surface area contributed by atoms with Gasteiger partial charge >= 0.3 is 0 Å². The van der Waals surface area contributed by atoms with Crippen molar-refractivity contribution in [2.75, 3.05) is 27.2 Å². The molecule has 0 saturated carbocycles. The predicted octanol–water partition coefficient (Wildman–Crippen LogP) is 1.74. The molecule has 1 rings (SSSR count). The normalized spacial score (nSPS) is 15.2. The fourth-order valence-corrected chi connectivity index (χ4v) is 3.17. The number of hydrogen-bond acceptors (Lipinski definition) is 5. The van der Waals surface area contributed by atoms with Crippen molar-refractivity contribution in [3.63, 3.8) is 0 Å². The van der Waals surface area contributed by atoms with Crippen LogP contribution in [0.5, 0.6) is 0 Å². The van der Waals surface area contributed by atoms with Gasteiger partial charge in [0, 0.05) is 37.1 Å². The van der Waals surface area contributed by atoms with Crippen molar-refractivity contribution in [1.29, 1.82) is 0 Å². The van der Waals surface area contributed by atoms with Crippen LogP contribution in [0.15, 0.2) is 6.20 Å². The first kappa shape index (κ1) is 16.6. The van der Waals surface area contributed by atoms with Crippen LogP contribution in [0.25, 0.3) is 0 Å². The Kier molecular flexibility index (Phi) is 6.39. The van der Waals surface area contributed by atoms with Gasteiger partial charge in [-0.3, -0.25) is 0 Å². The van der Waals surface area contributed by atoms with E-state index >= 15 is 0 Å². The fourth-order valence-electron chi connectivity index (χ4n) is 2.07. The second-order valence-electron chi connectivity index (χ2n) is 6.16. The number of nitrogens with one attached hydrogen (secondary N) is 1. The quantitative estimate of drug-likeness (QED) is 0.764. The van der Waals surface area contributed by atoms with Crippen LogP contribution in [0, 0.1) is 5.92 Å². The van der Waals surface area contributed by atoms with Crippen LogP contribution in [-0.4, -0.2) is 47.8 Å². The summed E-state index contributed by atoms with van der Waals surface area (Å²) in [6.07, 6.45) is 2.99. The topological polar surface area (TPSA) is 48.4 Å². The number of nitrogens with zero attached hydrogens (tertiary/aromatic N) is 2. The first-order valence-corrected chi connectivity index (χ1v) is 7.61. The maximum atomic E-state index is 10.2. The molecule has 0 aliphatic heterocycles. The monoisotopic (exact) mass is 285 g/mol. The Morgan fingerprint density at radius 2 is 2.16 bits per heavy atom. The second-order valence-corrected chi connectivity index (χ2v) is 7.36. The van der Waals surface area contributed by atoms with Crippen LogP contribution in [0.2, 0.25) is 0 Å². The smallest absolute Gasteiger partial charge is 0.0930 e. The van der Waals surface area contributed by atoms with Crippen LogP contribution >= 0.6 is 11.3 Å². The molecule has 0 radical (unpaired) electrons. The van der Waals surface area contributed by atoms with Crippen molar-refractivity contribution in [3.8, 4) is 0 Å². The van der Waals surface area contributed by atoms with E-state index in [-0.39, 0.29) is 0 Å². The van der Waals surface area contributed by atoms with Gasteiger partial charge in [0.2, 0.25) is 0 Å². The zero-order valence-corrected chi connectivity index (χ0v) is 13.5. The van der Waals surface area contributed by atoms with Gasteiger partial charge in [-0.25, -0.2) is 4.98 Å². The highest BCUT2D eigenvalue weighted by Gasteiger charge is 2.20. The van der Waals surface area contributed by atoms with Crippen molar-refractivity contribution in [3.05, 3.63) is 16.1 Å². The number of rotatable bonds is 8. The van der Waals surface area contributed by atoms with E-state index in [1.807, 2.05) is 32.1 Å². The molecule has 0 aliphatic carbocycles. The van der Waals surface area contributed by atoms with Gasteiger partial charge in [0.05, 0.1) is 10.6 Å². The predicted molar refractivity (Wildman–Crippen MR) is 81.5 cm³/mol.